The van der Waals surface area contributed by atoms with E-state index in [1.807, 2.05) is 11.1 Å². The minimum atomic E-state index is 0. The van der Waals surface area contributed by atoms with E-state index in [2.05, 4.69) is 24.3 Å². The van der Waals surface area contributed by atoms with Gasteiger partial charge in [-0.3, -0.25) is 5.84 Å². The van der Waals surface area contributed by atoms with E-state index in [9.17, 15) is 0 Å². The minimum Gasteiger partial charge on any atom is -0.268 e. The molecule has 0 aliphatic heterocycles. The van der Waals surface area contributed by atoms with Gasteiger partial charge in [0, 0.05) is 12.6 Å². The van der Waals surface area contributed by atoms with Crippen molar-refractivity contribution in [3.05, 3.63) is 35.9 Å². The standard InChI is InChI=1S/C13H20N2.ClH/c14-15(13-9-5-2-6-10-13)11-12-7-3-1-4-8-12;/h1,3-4,7-8,13H,2,5-6,9-11,14H2;1H. The minimum absolute atomic E-state index is 0. The highest BCUT2D eigenvalue weighted by Gasteiger charge is 2.18. The zero-order valence-electron chi connectivity index (χ0n) is 9.64. The molecule has 1 aromatic carbocycles. The van der Waals surface area contributed by atoms with Crippen LogP contribution in [-0.2, 0) is 6.54 Å². The van der Waals surface area contributed by atoms with Gasteiger partial charge in [0.05, 0.1) is 0 Å². The van der Waals surface area contributed by atoms with Crippen molar-refractivity contribution >= 4 is 12.4 Å². The Hall–Kier alpha value is -0.570. The van der Waals surface area contributed by atoms with Crippen LogP contribution in [0.1, 0.15) is 37.7 Å². The highest BCUT2D eigenvalue weighted by molar-refractivity contribution is 5.85. The number of hydrogen-bond donors (Lipinski definition) is 1. The van der Waals surface area contributed by atoms with Crippen LogP contribution >= 0.6 is 12.4 Å². The van der Waals surface area contributed by atoms with Crippen LogP contribution in [0.15, 0.2) is 30.3 Å². The van der Waals surface area contributed by atoms with Gasteiger partial charge in [-0.1, -0.05) is 49.6 Å². The molecule has 2 rings (SSSR count). The van der Waals surface area contributed by atoms with Gasteiger partial charge in [-0.05, 0) is 18.4 Å². The van der Waals surface area contributed by atoms with Crippen LogP contribution < -0.4 is 5.84 Å². The van der Waals surface area contributed by atoms with Gasteiger partial charge >= 0.3 is 0 Å². The molecule has 0 amide bonds. The smallest absolute Gasteiger partial charge is 0.0382 e. The largest absolute Gasteiger partial charge is 0.268 e. The molecule has 0 heterocycles. The molecule has 1 aromatic rings. The summed E-state index contributed by atoms with van der Waals surface area (Å²) in [6.07, 6.45) is 6.60. The van der Waals surface area contributed by atoms with Gasteiger partial charge in [0.1, 0.15) is 0 Å². The average molecular weight is 241 g/mol. The SMILES string of the molecule is Cl.NN(Cc1ccccc1)C1CCCCC1. The average Bonchev–Trinajstić information content (AvgIpc) is 2.31. The molecule has 0 spiro atoms. The Balaban J connectivity index is 0.00000128. The molecule has 0 radical (unpaired) electrons. The fraction of sp³-hybridized carbons (Fsp3) is 0.538. The van der Waals surface area contributed by atoms with Gasteiger partial charge in [-0.2, -0.15) is 0 Å². The molecule has 1 fully saturated rings. The van der Waals surface area contributed by atoms with Crippen molar-refractivity contribution in [1.29, 1.82) is 0 Å². The van der Waals surface area contributed by atoms with Gasteiger partial charge in [0.15, 0.2) is 0 Å². The molecule has 0 bridgehead atoms. The van der Waals surface area contributed by atoms with Gasteiger partial charge < -0.3 is 0 Å². The van der Waals surface area contributed by atoms with E-state index in [1.165, 1.54) is 37.7 Å². The molecular weight excluding hydrogens is 220 g/mol. The lowest BCUT2D eigenvalue weighted by Crippen LogP contribution is -2.41. The number of hydrazine groups is 1. The quantitative estimate of drug-likeness (QED) is 0.650. The van der Waals surface area contributed by atoms with Crippen molar-refractivity contribution in [1.82, 2.24) is 5.01 Å². The molecule has 0 saturated heterocycles. The molecule has 90 valence electrons. The Morgan fingerprint density at radius 1 is 1.06 bits per heavy atom. The summed E-state index contributed by atoms with van der Waals surface area (Å²) in [6.45, 7) is 0.880. The molecule has 3 heteroatoms. The number of benzene rings is 1. The van der Waals surface area contributed by atoms with Gasteiger partial charge in [0.2, 0.25) is 0 Å². The third kappa shape index (κ3) is 3.78. The first-order chi connectivity index (χ1) is 7.36. The number of rotatable bonds is 3. The summed E-state index contributed by atoms with van der Waals surface area (Å²) in [5.41, 5.74) is 1.31. The fourth-order valence-corrected chi connectivity index (χ4v) is 2.34. The number of nitrogens with zero attached hydrogens (tertiary/aromatic N) is 1. The molecular formula is C13H21ClN2. The Labute approximate surface area is 104 Å². The monoisotopic (exact) mass is 240 g/mol. The Morgan fingerprint density at radius 3 is 2.31 bits per heavy atom. The van der Waals surface area contributed by atoms with E-state index >= 15 is 0 Å². The maximum Gasteiger partial charge on any atom is 0.0382 e. The van der Waals surface area contributed by atoms with E-state index < -0.39 is 0 Å². The summed E-state index contributed by atoms with van der Waals surface area (Å²) in [7, 11) is 0. The summed E-state index contributed by atoms with van der Waals surface area (Å²) in [5.74, 6) is 6.11. The van der Waals surface area contributed by atoms with E-state index in [1.54, 1.807) is 0 Å². The van der Waals surface area contributed by atoms with Crippen LogP contribution in [0, 0.1) is 0 Å². The molecule has 2 nitrogen and oxygen atoms in total. The Morgan fingerprint density at radius 2 is 1.69 bits per heavy atom. The normalized spacial score (nSPS) is 17.1. The van der Waals surface area contributed by atoms with Gasteiger partial charge in [0.25, 0.3) is 0 Å². The number of halogens is 1. The van der Waals surface area contributed by atoms with E-state index in [4.69, 9.17) is 5.84 Å². The van der Waals surface area contributed by atoms with Crippen molar-refractivity contribution in [2.24, 2.45) is 5.84 Å². The van der Waals surface area contributed by atoms with E-state index in [0.717, 1.165) is 6.54 Å². The molecule has 1 aliphatic rings. The molecule has 0 atom stereocenters. The van der Waals surface area contributed by atoms with Crippen molar-refractivity contribution in [3.8, 4) is 0 Å². The van der Waals surface area contributed by atoms with Crippen LogP contribution in [-0.4, -0.2) is 11.1 Å². The first kappa shape index (κ1) is 13.5. The van der Waals surface area contributed by atoms with Crippen molar-refractivity contribution in [2.75, 3.05) is 0 Å². The highest BCUT2D eigenvalue weighted by Crippen LogP contribution is 2.21. The van der Waals surface area contributed by atoms with Crippen LogP contribution in [0.5, 0.6) is 0 Å². The maximum absolute atomic E-state index is 6.11. The van der Waals surface area contributed by atoms with Crippen LogP contribution in [0.3, 0.4) is 0 Å². The zero-order valence-corrected chi connectivity index (χ0v) is 10.5. The topological polar surface area (TPSA) is 29.3 Å². The van der Waals surface area contributed by atoms with Gasteiger partial charge in [-0.15, -0.1) is 12.4 Å². The first-order valence-corrected chi connectivity index (χ1v) is 5.91. The predicted molar refractivity (Wildman–Crippen MR) is 70.3 cm³/mol. The van der Waals surface area contributed by atoms with Crippen molar-refractivity contribution < 1.29 is 0 Å². The third-order valence-electron chi connectivity index (χ3n) is 3.25. The predicted octanol–water partition coefficient (Wildman–Crippen LogP) is 3.12. The second kappa shape index (κ2) is 6.89. The number of hydrogen-bond acceptors (Lipinski definition) is 2. The summed E-state index contributed by atoms with van der Waals surface area (Å²) < 4.78 is 0. The lowest BCUT2D eigenvalue weighted by molar-refractivity contribution is 0.150. The van der Waals surface area contributed by atoms with Gasteiger partial charge in [-0.25, -0.2) is 5.01 Å². The maximum atomic E-state index is 6.11. The van der Waals surface area contributed by atoms with Crippen LogP contribution in [0.4, 0.5) is 0 Å². The second-order valence-corrected chi connectivity index (χ2v) is 4.45. The molecule has 16 heavy (non-hydrogen) atoms. The summed E-state index contributed by atoms with van der Waals surface area (Å²) in [5, 5.41) is 2.02. The summed E-state index contributed by atoms with van der Waals surface area (Å²) in [6, 6.07) is 11.1. The van der Waals surface area contributed by atoms with Crippen LogP contribution in [0.25, 0.3) is 0 Å². The summed E-state index contributed by atoms with van der Waals surface area (Å²) in [4.78, 5) is 0. The van der Waals surface area contributed by atoms with Crippen LogP contribution in [0.2, 0.25) is 0 Å². The summed E-state index contributed by atoms with van der Waals surface area (Å²) >= 11 is 0. The molecule has 2 N–H and O–H groups in total. The Kier molecular flexibility index (Phi) is 5.81. The molecule has 1 saturated carbocycles. The van der Waals surface area contributed by atoms with Crippen molar-refractivity contribution in [2.45, 2.75) is 44.7 Å². The fourth-order valence-electron chi connectivity index (χ4n) is 2.34. The molecule has 0 aromatic heterocycles. The van der Waals surface area contributed by atoms with E-state index in [0.29, 0.717) is 6.04 Å². The highest BCUT2D eigenvalue weighted by atomic mass is 35.5. The van der Waals surface area contributed by atoms with Crippen molar-refractivity contribution in [3.63, 3.8) is 0 Å². The van der Waals surface area contributed by atoms with E-state index in [-0.39, 0.29) is 12.4 Å². The molecule has 0 unspecified atom stereocenters. The first-order valence-electron chi connectivity index (χ1n) is 5.91. The lowest BCUT2D eigenvalue weighted by Gasteiger charge is -2.30. The molecule has 1 aliphatic carbocycles. The second-order valence-electron chi connectivity index (χ2n) is 4.45. The Bertz CT molecular complexity index is 283. The number of nitrogens with two attached hydrogens (primary N) is 1. The third-order valence-corrected chi connectivity index (χ3v) is 3.25. The lowest BCUT2D eigenvalue weighted by atomic mass is 9.95. The zero-order chi connectivity index (χ0) is 10.5.